The predicted octanol–water partition coefficient (Wildman–Crippen LogP) is 6.55. The van der Waals surface area contributed by atoms with E-state index >= 15 is 0 Å². The van der Waals surface area contributed by atoms with E-state index in [1.165, 1.54) is 10.4 Å². The van der Waals surface area contributed by atoms with Gasteiger partial charge in [0.2, 0.25) is 0 Å². The van der Waals surface area contributed by atoms with Gasteiger partial charge in [0.1, 0.15) is 8.80 Å². The summed E-state index contributed by atoms with van der Waals surface area (Å²) in [5, 5.41) is 14.2. The molecular formula is C35H48O4Si. The Hall–Kier alpha value is -2.60. The number of ether oxygens (including phenoxy) is 3. The molecule has 4 rings (SSSR count). The number of benzene rings is 3. The van der Waals surface area contributed by atoms with Gasteiger partial charge in [-0.2, -0.15) is 0 Å². The second-order valence-corrected chi connectivity index (χ2v) is 16.1. The first kappa shape index (κ1) is 30.4. The first-order chi connectivity index (χ1) is 19.3. The van der Waals surface area contributed by atoms with Crippen molar-refractivity contribution < 1.29 is 19.3 Å². The molecule has 1 N–H and O–H groups in total. The van der Waals surface area contributed by atoms with Crippen LogP contribution in [0.5, 0.6) is 11.5 Å². The summed E-state index contributed by atoms with van der Waals surface area (Å²) in [6.07, 6.45) is 5.04. The summed E-state index contributed by atoms with van der Waals surface area (Å²) < 4.78 is 17.8. The molecule has 3 aromatic rings. The average molecular weight is 561 g/mol. The molecule has 0 spiro atoms. The fourth-order valence-corrected chi connectivity index (χ4v) is 10.0. The van der Waals surface area contributed by atoms with Crippen molar-refractivity contribution in [3.8, 4) is 11.5 Å². The lowest BCUT2D eigenvalue weighted by Crippen LogP contribution is -2.51. The van der Waals surface area contributed by atoms with E-state index in [4.69, 9.17) is 14.2 Å². The van der Waals surface area contributed by atoms with Gasteiger partial charge in [0, 0.05) is 13.2 Å². The molecule has 1 aliphatic rings. The molecular weight excluding hydrogens is 512 g/mol. The monoisotopic (exact) mass is 560 g/mol. The number of rotatable bonds is 13. The second-order valence-electron chi connectivity index (χ2n) is 12.4. The second kappa shape index (κ2) is 14.3. The van der Waals surface area contributed by atoms with Gasteiger partial charge in [0.05, 0.1) is 19.3 Å². The Kier molecular flexibility index (Phi) is 10.9. The Bertz CT molecular complexity index is 1120. The quantitative estimate of drug-likeness (QED) is 0.190. The molecule has 5 heteroatoms. The van der Waals surface area contributed by atoms with Crippen LogP contribution in [0, 0.1) is 11.8 Å². The van der Waals surface area contributed by atoms with Crippen molar-refractivity contribution >= 4 is 19.2 Å². The summed E-state index contributed by atoms with van der Waals surface area (Å²) in [7, 11) is 0.177. The zero-order valence-corrected chi connectivity index (χ0v) is 26.2. The van der Waals surface area contributed by atoms with Crippen molar-refractivity contribution in [1.82, 2.24) is 0 Å². The van der Waals surface area contributed by atoms with Crippen molar-refractivity contribution in [1.29, 1.82) is 0 Å². The third-order valence-corrected chi connectivity index (χ3v) is 12.3. The lowest BCUT2D eigenvalue weighted by molar-refractivity contribution is 0.0591. The molecule has 216 valence electrons. The van der Waals surface area contributed by atoms with E-state index in [0.29, 0.717) is 17.4 Å². The molecule has 0 radical (unpaired) electrons. The van der Waals surface area contributed by atoms with Crippen LogP contribution < -0.4 is 19.8 Å². The molecule has 3 aromatic carbocycles. The van der Waals surface area contributed by atoms with Gasteiger partial charge in [-0.15, -0.1) is 0 Å². The van der Waals surface area contributed by atoms with Crippen LogP contribution in [-0.2, 0) is 4.74 Å². The van der Waals surface area contributed by atoms with Crippen molar-refractivity contribution in [2.24, 2.45) is 11.8 Å². The van der Waals surface area contributed by atoms with E-state index in [9.17, 15) is 5.11 Å². The molecule has 4 nitrogen and oxygen atoms in total. The molecule has 0 bridgehead atoms. The van der Waals surface area contributed by atoms with Crippen molar-refractivity contribution in [3.05, 3.63) is 84.4 Å². The highest BCUT2D eigenvalue weighted by Crippen LogP contribution is 2.40. The van der Waals surface area contributed by atoms with Crippen LogP contribution >= 0.6 is 0 Å². The highest BCUT2D eigenvalue weighted by atomic mass is 28.3. The van der Waals surface area contributed by atoms with E-state index in [0.717, 1.165) is 50.9 Å². The number of hydrogen-bond donors (Lipinski definition) is 1. The third-order valence-electron chi connectivity index (χ3n) is 8.42. The summed E-state index contributed by atoms with van der Waals surface area (Å²) >= 11 is 0. The predicted molar refractivity (Wildman–Crippen MR) is 168 cm³/mol. The van der Waals surface area contributed by atoms with Crippen LogP contribution in [0.25, 0.3) is 0 Å². The Morgan fingerprint density at radius 1 is 0.850 bits per heavy atom. The van der Waals surface area contributed by atoms with E-state index < -0.39 is 14.9 Å². The molecule has 1 fully saturated rings. The van der Waals surface area contributed by atoms with Gasteiger partial charge in [-0.1, -0.05) is 91.0 Å². The first-order valence-corrected chi connectivity index (χ1v) is 16.7. The van der Waals surface area contributed by atoms with Gasteiger partial charge in [-0.3, -0.25) is 0 Å². The van der Waals surface area contributed by atoms with E-state index in [1.54, 1.807) is 7.11 Å². The number of methoxy groups -OCH3 is 1. The minimum absolute atomic E-state index is 0.0504. The smallest absolute Gasteiger partial charge is 0.161 e. The molecule has 0 aliphatic heterocycles. The summed E-state index contributed by atoms with van der Waals surface area (Å²) in [5.41, 5.74) is 0.918. The Balaban J connectivity index is 1.27. The van der Waals surface area contributed by atoms with Crippen LogP contribution in [0.2, 0.25) is 5.04 Å². The molecule has 1 atom stereocenters. The molecule has 0 aromatic heterocycles. The topological polar surface area (TPSA) is 47.9 Å². The van der Waals surface area contributed by atoms with Crippen molar-refractivity contribution in [2.45, 2.75) is 77.0 Å². The van der Waals surface area contributed by atoms with E-state index in [-0.39, 0.29) is 17.1 Å². The molecule has 0 amide bonds. The van der Waals surface area contributed by atoms with Crippen LogP contribution in [0.4, 0.5) is 0 Å². The van der Waals surface area contributed by atoms with Gasteiger partial charge >= 0.3 is 0 Å². The number of aliphatic hydroxyl groups is 1. The number of aliphatic hydroxyl groups excluding tert-OH is 1. The minimum atomic E-state index is -1.47. The Morgan fingerprint density at radius 2 is 1.45 bits per heavy atom. The Morgan fingerprint density at radius 3 is 2.00 bits per heavy atom. The van der Waals surface area contributed by atoms with E-state index in [2.05, 4.69) is 74.5 Å². The van der Waals surface area contributed by atoms with Crippen LogP contribution in [0.15, 0.2) is 78.9 Å². The SMILES string of the molecule is COc1ccc(C(O)C2CCC(CCOCC(C)(C)[SiH](c3ccccc3)c3ccccc3)CC2)cc1OC(C)C. The van der Waals surface area contributed by atoms with Gasteiger partial charge < -0.3 is 19.3 Å². The summed E-state index contributed by atoms with van der Waals surface area (Å²) in [5.74, 6) is 2.35. The average Bonchev–Trinajstić information content (AvgIpc) is 2.96. The van der Waals surface area contributed by atoms with Crippen LogP contribution in [0.3, 0.4) is 0 Å². The van der Waals surface area contributed by atoms with Gasteiger partial charge in [0.15, 0.2) is 11.5 Å². The zero-order valence-electron chi connectivity index (χ0n) is 25.0. The zero-order chi connectivity index (χ0) is 28.5. The van der Waals surface area contributed by atoms with Gasteiger partial charge in [-0.05, 0) is 80.5 Å². The fraction of sp³-hybridized carbons (Fsp3) is 0.486. The van der Waals surface area contributed by atoms with Crippen molar-refractivity contribution in [3.63, 3.8) is 0 Å². The van der Waals surface area contributed by atoms with Gasteiger partial charge in [0.25, 0.3) is 0 Å². The first-order valence-electron chi connectivity index (χ1n) is 15.0. The molecule has 0 heterocycles. The molecule has 1 saturated carbocycles. The van der Waals surface area contributed by atoms with Crippen molar-refractivity contribution in [2.75, 3.05) is 20.3 Å². The van der Waals surface area contributed by atoms with Crippen LogP contribution in [-0.4, -0.2) is 40.3 Å². The maximum Gasteiger partial charge on any atom is 0.161 e. The molecule has 0 saturated heterocycles. The highest BCUT2D eigenvalue weighted by Gasteiger charge is 2.34. The lowest BCUT2D eigenvalue weighted by Gasteiger charge is -2.34. The minimum Gasteiger partial charge on any atom is -0.493 e. The third kappa shape index (κ3) is 7.99. The highest BCUT2D eigenvalue weighted by molar-refractivity contribution is 6.87. The van der Waals surface area contributed by atoms with E-state index in [1.807, 2.05) is 32.0 Å². The van der Waals surface area contributed by atoms with Gasteiger partial charge in [-0.25, -0.2) is 0 Å². The molecule has 40 heavy (non-hydrogen) atoms. The lowest BCUT2D eigenvalue weighted by atomic mass is 9.77. The fourth-order valence-electron chi connectivity index (χ4n) is 6.34. The Labute approximate surface area is 243 Å². The summed E-state index contributed by atoms with van der Waals surface area (Å²) in [6.45, 7) is 10.4. The molecule has 1 unspecified atom stereocenters. The molecule has 1 aliphatic carbocycles. The number of hydrogen-bond acceptors (Lipinski definition) is 4. The maximum absolute atomic E-state index is 11.2. The normalized spacial score (nSPS) is 18.6. The standard InChI is InChI=1S/C35H48O4Si/c1-26(2)39-33-24-29(20-21-32(33)37-5)34(36)28-18-16-27(17-19-28)22-23-38-25-35(3,4)40(30-12-8-6-9-13-30)31-14-10-7-11-15-31/h6-15,20-21,24,26-28,34,36,40H,16-19,22-23,25H2,1-5H3. The van der Waals surface area contributed by atoms with Crippen LogP contribution in [0.1, 0.15) is 71.5 Å². The maximum atomic E-state index is 11.2. The summed E-state index contributed by atoms with van der Waals surface area (Å²) in [4.78, 5) is 0. The summed E-state index contributed by atoms with van der Waals surface area (Å²) in [6, 6.07) is 27.9. The largest absolute Gasteiger partial charge is 0.493 e.